The van der Waals surface area contributed by atoms with Crippen LogP contribution in [0.3, 0.4) is 0 Å². The minimum absolute atomic E-state index is 0. The van der Waals surface area contributed by atoms with Gasteiger partial charge in [0.1, 0.15) is 0 Å². The summed E-state index contributed by atoms with van der Waals surface area (Å²) in [6.07, 6.45) is 3.74. The smallest absolute Gasteiger partial charge is 0.189 e. The minimum Gasteiger partial charge on any atom is -0.383 e. The number of aliphatic imine (C=N–C) groups is 1. The summed E-state index contributed by atoms with van der Waals surface area (Å²) in [5.41, 5.74) is 7.76. The lowest BCUT2D eigenvalue weighted by Crippen LogP contribution is -2.34. The number of hydrogen-bond donors (Lipinski definition) is 2. The van der Waals surface area contributed by atoms with Crippen molar-refractivity contribution in [3.8, 4) is 5.69 Å². The Morgan fingerprint density at radius 2 is 2.14 bits per heavy atom. The first-order chi connectivity index (χ1) is 9.79. The van der Waals surface area contributed by atoms with Gasteiger partial charge in [-0.2, -0.15) is 5.10 Å². The molecule has 1 aromatic carbocycles. The Balaban J connectivity index is 0.00000220. The number of guanidine groups is 1. The van der Waals surface area contributed by atoms with Crippen molar-refractivity contribution in [2.75, 3.05) is 20.3 Å². The summed E-state index contributed by atoms with van der Waals surface area (Å²) in [6, 6.07) is 9.94. The molecule has 0 saturated carbocycles. The molecule has 0 saturated heterocycles. The van der Waals surface area contributed by atoms with E-state index in [1.807, 2.05) is 41.2 Å². The second-order valence-corrected chi connectivity index (χ2v) is 4.25. The third-order valence-corrected chi connectivity index (χ3v) is 2.70. The number of halogens is 1. The first kappa shape index (κ1) is 17.4. The molecule has 1 aromatic heterocycles. The zero-order valence-electron chi connectivity index (χ0n) is 11.9. The zero-order valence-corrected chi connectivity index (χ0v) is 14.2. The van der Waals surface area contributed by atoms with Crippen LogP contribution in [0.5, 0.6) is 0 Å². The standard InChI is InChI=1S/C14H19N5O.HI/c1-20-8-7-16-14(15)17-9-12-10-18-19(11-12)13-5-3-2-4-6-13;/h2-6,10-11H,7-9H2,1H3,(H3,15,16,17);1H. The van der Waals surface area contributed by atoms with Gasteiger partial charge in [-0.05, 0) is 12.1 Å². The van der Waals surface area contributed by atoms with E-state index in [1.165, 1.54) is 0 Å². The average molecular weight is 401 g/mol. The van der Waals surface area contributed by atoms with Gasteiger partial charge in [-0.3, -0.25) is 0 Å². The summed E-state index contributed by atoms with van der Waals surface area (Å²) < 4.78 is 6.74. The topological polar surface area (TPSA) is 77.5 Å². The number of ether oxygens (including phenoxy) is 1. The highest BCUT2D eigenvalue weighted by Crippen LogP contribution is 2.08. The van der Waals surface area contributed by atoms with Gasteiger partial charge >= 0.3 is 0 Å². The molecule has 6 nitrogen and oxygen atoms in total. The molecule has 0 aliphatic carbocycles. The summed E-state index contributed by atoms with van der Waals surface area (Å²) in [4.78, 5) is 4.25. The molecule has 0 fully saturated rings. The fourth-order valence-electron chi connectivity index (χ4n) is 1.68. The minimum atomic E-state index is 0. The maximum atomic E-state index is 5.74. The average Bonchev–Trinajstić information content (AvgIpc) is 2.95. The molecule has 0 radical (unpaired) electrons. The van der Waals surface area contributed by atoms with Crippen molar-refractivity contribution in [2.45, 2.75) is 6.54 Å². The van der Waals surface area contributed by atoms with Crippen LogP contribution >= 0.6 is 24.0 Å². The van der Waals surface area contributed by atoms with E-state index in [-0.39, 0.29) is 24.0 Å². The molecule has 21 heavy (non-hydrogen) atoms. The van der Waals surface area contributed by atoms with Crippen LogP contribution in [-0.2, 0) is 11.3 Å². The van der Waals surface area contributed by atoms with Crippen LogP contribution in [0.1, 0.15) is 5.56 Å². The monoisotopic (exact) mass is 401 g/mol. The van der Waals surface area contributed by atoms with E-state index in [0.717, 1.165) is 11.3 Å². The number of aromatic nitrogens is 2. The fourth-order valence-corrected chi connectivity index (χ4v) is 1.68. The lowest BCUT2D eigenvalue weighted by molar-refractivity contribution is 0.204. The van der Waals surface area contributed by atoms with Crippen molar-refractivity contribution in [3.05, 3.63) is 48.3 Å². The van der Waals surface area contributed by atoms with Gasteiger partial charge in [0, 0.05) is 25.4 Å². The molecule has 1 heterocycles. The predicted molar refractivity (Wildman–Crippen MR) is 94.2 cm³/mol. The third kappa shape index (κ3) is 5.72. The van der Waals surface area contributed by atoms with E-state index in [1.54, 1.807) is 13.3 Å². The number of hydrogen-bond acceptors (Lipinski definition) is 3. The zero-order chi connectivity index (χ0) is 14.2. The molecule has 0 spiro atoms. The Morgan fingerprint density at radius 1 is 1.38 bits per heavy atom. The number of rotatable bonds is 6. The van der Waals surface area contributed by atoms with Gasteiger partial charge in [0.15, 0.2) is 5.96 Å². The molecule has 0 aliphatic heterocycles. The van der Waals surface area contributed by atoms with Gasteiger partial charge < -0.3 is 15.8 Å². The highest BCUT2D eigenvalue weighted by Gasteiger charge is 2.00. The summed E-state index contributed by atoms with van der Waals surface area (Å²) in [5.74, 6) is 0.412. The second-order valence-electron chi connectivity index (χ2n) is 4.25. The van der Waals surface area contributed by atoms with E-state index in [0.29, 0.717) is 25.7 Å². The van der Waals surface area contributed by atoms with Gasteiger partial charge in [-0.15, -0.1) is 24.0 Å². The van der Waals surface area contributed by atoms with Gasteiger partial charge in [0.2, 0.25) is 0 Å². The Kier molecular flexibility index (Phi) is 7.76. The molecule has 2 aromatic rings. The third-order valence-electron chi connectivity index (χ3n) is 2.70. The number of nitrogens with one attached hydrogen (secondary N) is 1. The van der Waals surface area contributed by atoms with Crippen LogP contribution in [0, 0.1) is 0 Å². The van der Waals surface area contributed by atoms with E-state index in [9.17, 15) is 0 Å². The normalized spacial score (nSPS) is 11.0. The largest absolute Gasteiger partial charge is 0.383 e. The van der Waals surface area contributed by atoms with Gasteiger partial charge in [-0.1, -0.05) is 18.2 Å². The van der Waals surface area contributed by atoms with Crippen molar-refractivity contribution >= 4 is 29.9 Å². The van der Waals surface area contributed by atoms with Crippen LogP contribution in [0.15, 0.2) is 47.7 Å². The number of methoxy groups -OCH3 is 1. The first-order valence-corrected chi connectivity index (χ1v) is 6.41. The van der Waals surface area contributed by atoms with Gasteiger partial charge in [0.25, 0.3) is 0 Å². The maximum absolute atomic E-state index is 5.74. The molecule has 0 bridgehead atoms. The van der Waals surface area contributed by atoms with Crippen molar-refractivity contribution in [1.82, 2.24) is 15.1 Å². The molecule has 0 atom stereocenters. The molecule has 0 unspecified atom stereocenters. The summed E-state index contributed by atoms with van der Waals surface area (Å²) in [7, 11) is 1.65. The van der Waals surface area contributed by atoms with E-state index >= 15 is 0 Å². The van der Waals surface area contributed by atoms with Crippen LogP contribution in [-0.4, -0.2) is 36.0 Å². The van der Waals surface area contributed by atoms with E-state index in [4.69, 9.17) is 10.5 Å². The van der Waals surface area contributed by atoms with Crippen LogP contribution in [0.25, 0.3) is 5.69 Å². The molecular formula is C14H20IN5O. The quantitative estimate of drug-likeness (QED) is 0.333. The molecule has 7 heteroatoms. The molecule has 0 aliphatic rings. The van der Waals surface area contributed by atoms with Crippen molar-refractivity contribution in [2.24, 2.45) is 10.7 Å². The Hall–Kier alpha value is -1.61. The van der Waals surface area contributed by atoms with Crippen molar-refractivity contribution in [1.29, 1.82) is 0 Å². The fraction of sp³-hybridized carbons (Fsp3) is 0.286. The molecule has 2 rings (SSSR count). The summed E-state index contributed by atoms with van der Waals surface area (Å²) in [5, 5.41) is 7.27. The number of nitrogens with zero attached hydrogens (tertiary/aromatic N) is 3. The van der Waals surface area contributed by atoms with Crippen LogP contribution in [0.2, 0.25) is 0 Å². The number of para-hydroxylation sites is 1. The lowest BCUT2D eigenvalue weighted by Gasteiger charge is -2.03. The summed E-state index contributed by atoms with van der Waals surface area (Å²) in [6.45, 7) is 1.75. The maximum Gasteiger partial charge on any atom is 0.189 e. The Labute approximate surface area is 141 Å². The summed E-state index contributed by atoms with van der Waals surface area (Å²) >= 11 is 0. The highest BCUT2D eigenvalue weighted by atomic mass is 127. The van der Waals surface area contributed by atoms with Gasteiger partial charge in [-0.25, -0.2) is 9.67 Å². The van der Waals surface area contributed by atoms with E-state index in [2.05, 4.69) is 15.4 Å². The first-order valence-electron chi connectivity index (χ1n) is 6.41. The second kappa shape index (κ2) is 9.35. The van der Waals surface area contributed by atoms with E-state index < -0.39 is 0 Å². The van der Waals surface area contributed by atoms with Crippen molar-refractivity contribution in [3.63, 3.8) is 0 Å². The number of nitrogens with two attached hydrogens (primary N) is 1. The van der Waals surface area contributed by atoms with Crippen molar-refractivity contribution < 1.29 is 4.74 Å². The molecular weight excluding hydrogens is 381 g/mol. The van der Waals surface area contributed by atoms with Crippen LogP contribution < -0.4 is 11.1 Å². The highest BCUT2D eigenvalue weighted by molar-refractivity contribution is 14.0. The molecule has 3 N–H and O–H groups in total. The SMILES string of the molecule is COCCNC(N)=NCc1cnn(-c2ccccc2)c1.I. The lowest BCUT2D eigenvalue weighted by atomic mass is 10.3. The predicted octanol–water partition coefficient (Wildman–Crippen LogP) is 1.54. The van der Waals surface area contributed by atoms with Crippen LogP contribution in [0.4, 0.5) is 0 Å². The Bertz CT molecular complexity index is 556. The van der Waals surface area contributed by atoms with Gasteiger partial charge in [0.05, 0.1) is 25.0 Å². The Morgan fingerprint density at radius 3 is 2.86 bits per heavy atom. The molecule has 114 valence electrons. The number of benzene rings is 1. The molecule has 0 amide bonds.